The zero-order valence-corrected chi connectivity index (χ0v) is 17.0. The summed E-state index contributed by atoms with van der Waals surface area (Å²) < 4.78 is 13.3. The lowest BCUT2D eigenvalue weighted by atomic mass is 10.0. The van der Waals surface area contributed by atoms with E-state index >= 15 is 0 Å². The molecule has 0 atom stereocenters. The molecular formula is C22H20FN5O3. The molecule has 3 aromatic rings. The maximum absolute atomic E-state index is 13.3. The van der Waals surface area contributed by atoms with E-state index in [1.165, 1.54) is 30.9 Å². The van der Waals surface area contributed by atoms with Gasteiger partial charge in [-0.25, -0.2) is 9.37 Å². The first-order valence-electron chi connectivity index (χ1n) is 9.62. The summed E-state index contributed by atoms with van der Waals surface area (Å²) in [5, 5.41) is 5.85. The van der Waals surface area contributed by atoms with Crippen LogP contribution in [0.15, 0.2) is 42.6 Å². The Morgan fingerprint density at radius 1 is 1.13 bits per heavy atom. The van der Waals surface area contributed by atoms with Crippen LogP contribution in [-0.2, 0) is 16.1 Å². The Morgan fingerprint density at radius 2 is 1.87 bits per heavy atom. The molecule has 9 heteroatoms. The molecule has 0 fully saturated rings. The van der Waals surface area contributed by atoms with Gasteiger partial charge in [0.1, 0.15) is 11.6 Å². The van der Waals surface area contributed by atoms with E-state index in [2.05, 4.69) is 20.6 Å². The number of anilines is 3. The number of halogens is 1. The molecule has 0 aliphatic carbocycles. The third-order valence-electron chi connectivity index (χ3n) is 4.95. The lowest BCUT2D eigenvalue weighted by Crippen LogP contribution is -2.38. The molecule has 1 aromatic carbocycles. The number of benzene rings is 1. The molecule has 0 bridgehead atoms. The number of hydrogen-bond donors (Lipinski definition) is 3. The van der Waals surface area contributed by atoms with Gasteiger partial charge in [-0.05, 0) is 36.4 Å². The molecule has 0 saturated carbocycles. The third kappa shape index (κ3) is 4.16. The summed E-state index contributed by atoms with van der Waals surface area (Å²) in [6.07, 6.45) is 1.55. The summed E-state index contributed by atoms with van der Waals surface area (Å²) in [6.45, 7) is 3.05. The van der Waals surface area contributed by atoms with E-state index in [0.717, 1.165) is 0 Å². The Morgan fingerprint density at radius 3 is 2.55 bits per heavy atom. The molecule has 2 amide bonds. The van der Waals surface area contributed by atoms with Crippen LogP contribution in [0.25, 0.3) is 11.3 Å². The highest BCUT2D eigenvalue weighted by Gasteiger charge is 2.31. The fraction of sp³-hybridized carbons (Fsp3) is 0.182. The SMILES string of the molecule is CC(=O)Nc1cc(-c2[nH]c3c(c2Nc2ccc(F)cc2)C(=O)CN(C(C)=O)C3)ccn1. The molecule has 4 rings (SSSR count). The lowest BCUT2D eigenvalue weighted by molar-refractivity contribution is -0.129. The highest BCUT2D eigenvalue weighted by Crippen LogP contribution is 2.38. The molecule has 0 saturated heterocycles. The first-order valence-corrected chi connectivity index (χ1v) is 9.62. The van der Waals surface area contributed by atoms with Crippen LogP contribution in [0.2, 0.25) is 0 Å². The van der Waals surface area contributed by atoms with E-state index in [1.54, 1.807) is 30.5 Å². The predicted molar refractivity (Wildman–Crippen MR) is 113 cm³/mol. The Bertz CT molecular complexity index is 1190. The van der Waals surface area contributed by atoms with Gasteiger partial charge in [-0.1, -0.05) is 0 Å². The predicted octanol–water partition coefficient (Wildman–Crippen LogP) is 3.46. The second-order valence-corrected chi connectivity index (χ2v) is 7.27. The number of carbonyl (C=O) groups is 3. The second kappa shape index (κ2) is 8.02. The van der Waals surface area contributed by atoms with Crippen molar-refractivity contribution in [1.82, 2.24) is 14.9 Å². The van der Waals surface area contributed by atoms with E-state index in [9.17, 15) is 18.8 Å². The number of aromatic nitrogens is 2. The third-order valence-corrected chi connectivity index (χ3v) is 4.95. The van der Waals surface area contributed by atoms with E-state index < -0.39 is 0 Å². The summed E-state index contributed by atoms with van der Waals surface area (Å²) >= 11 is 0. The fourth-order valence-electron chi connectivity index (χ4n) is 3.55. The molecule has 3 N–H and O–H groups in total. The molecule has 2 aromatic heterocycles. The Kier molecular flexibility index (Phi) is 5.24. The molecule has 31 heavy (non-hydrogen) atoms. The van der Waals surface area contributed by atoms with Crippen molar-refractivity contribution in [3.8, 4) is 11.3 Å². The summed E-state index contributed by atoms with van der Waals surface area (Å²) in [4.78, 5) is 45.0. The van der Waals surface area contributed by atoms with Crippen molar-refractivity contribution >= 4 is 34.8 Å². The zero-order chi connectivity index (χ0) is 22.1. The fourth-order valence-corrected chi connectivity index (χ4v) is 3.55. The minimum absolute atomic E-state index is 0.0226. The van der Waals surface area contributed by atoms with Crippen LogP contribution in [-0.4, -0.2) is 39.0 Å². The van der Waals surface area contributed by atoms with Crippen LogP contribution >= 0.6 is 0 Å². The van der Waals surface area contributed by atoms with Crippen molar-refractivity contribution in [1.29, 1.82) is 0 Å². The van der Waals surface area contributed by atoms with Crippen molar-refractivity contribution in [2.75, 3.05) is 17.2 Å². The first kappa shape index (κ1) is 20.3. The number of amides is 2. The Labute approximate surface area is 177 Å². The number of pyridine rings is 1. The van der Waals surface area contributed by atoms with Gasteiger partial charge in [-0.3, -0.25) is 14.4 Å². The number of ketones is 1. The number of hydrogen-bond acceptors (Lipinski definition) is 5. The average molecular weight is 421 g/mol. The highest BCUT2D eigenvalue weighted by molar-refractivity contribution is 6.09. The van der Waals surface area contributed by atoms with E-state index in [4.69, 9.17) is 0 Å². The zero-order valence-electron chi connectivity index (χ0n) is 17.0. The molecule has 158 valence electrons. The molecule has 0 unspecified atom stereocenters. The summed E-state index contributed by atoms with van der Waals surface area (Å²) in [6, 6.07) is 9.21. The van der Waals surface area contributed by atoms with Crippen molar-refractivity contribution in [2.24, 2.45) is 0 Å². The second-order valence-electron chi connectivity index (χ2n) is 7.27. The number of nitrogens with one attached hydrogen (secondary N) is 3. The average Bonchev–Trinajstić information content (AvgIpc) is 3.08. The molecule has 0 radical (unpaired) electrons. The Hall–Kier alpha value is -4.01. The molecular weight excluding hydrogens is 401 g/mol. The normalized spacial score (nSPS) is 13.0. The minimum atomic E-state index is -0.371. The van der Waals surface area contributed by atoms with Gasteiger partial charge in [-0.2, -0.15) is 0 Å². The van der Waals surface area contributed by atoms with Gasteiger partial charge in [0, 0.05) is 37.0 Å². The Balaban J connectivity index is 1.83. The van der Waals surface area contributed by atoms with Gasteiger partial charge >= 0.3 is 0 Å². The van der Waals surface area contributed by atoms with E-state index in [0.29, 0.717) is 39.7 Å². The van der Waals surface area contributed by atoms with Crippen LogP contribution in [0.1, 0.15) is 29.9 Å². The number of aromatic amines is 1. The standard InChI is InChI=1S/C22H20FN5O3/c1-12(29)25-19-9-14(7-8-24-19)21-22(26-16-5-3-15(23)4-6-16)20-17(27-21)10-28(13(2)30)11-18(20)31/h3-9,26-27H,10-11H2,1-2H3,(H,24,25,29). The monoisotopic (exact) mass is 421 g/mol. The van der Waals surface area contributed by atoms with Crippen LogP contribution in [0.5, 0.6) is 0 Å². The van der Waals surface area contributed by atoms with E-state index in [-0.39, 0.29) is 36.5 Å². The summed E-state index contributed by atoms with van der Waals surface area (Å²) in [7, 11) is 0. The smallest absolute Gasteiger partial charge is 0.222 e. The van der Waals surface area contributed by atoms with Gasteiger partial charge in [0.2, 0.25) is 11.8 Å². The van der Waals surface area contributed by atoms with Gasteiger partial charge in [0.15, 0.2) is 5.78 Å². The molecule has 0 spiro atoms. The van der Waals surface area contributed by atoms with Gasteiger partial charge < -0.3 is 20.5 Å². The number of Topliss-reactive ketones (excluding diaryl/α,β-unsaturated/α-hetero) is 1. The van der Waals surface area contributed by atoms with Crippen LogP contribution < -0.4 is 10.6 Å². The number of H-pyrrole nitrogens is 1. The van der Waals surface area contributed by atoms with Crippen molar-refractivity contribution in [3.63, 3.8) is 0 Å². The van der Waals surface area contributed by atoms with Gasteiger partial charge in [-0.15, -0.1) is 0 Å². The number of nitrogens with zero attached hydrogens (tertiary/aromatic N) is 2. The highest BCUT2D eigenvalue weighted by atomic mass is 19.1. The van der Waals surface area contributed by atoms with Crippen molar-refractivity contribution in [3.05, 3.63) is 59.7 Å². The summed E-state index contributed by atoms with van der Waals surface area (Å²) in [5.41, 5.74) is 3.46. The lowest BCUT2D eigenvalue weighted by Gasteiger charge is -2.25. The summed E-state index contributed by atoms with van der Waals surface area (Å²) in [5.74, 6) is -0.668. The topological polar surface area (TPSA) is 107 Å². The maximum atomic E-state index is 13.3. The van der Waals surface area contributed by atoms with Crippen LogP contribution in [0.4, 0.5) is 21.6 Å². The van der Waals surface area contributed by atoms with E-state index in [1.807, 2.05) is 0 Å². The molecule has 3 heterocycles. The minimum Gasteiger partial charge on any atom is -0.355 e. The van der Waals surface area contributed by atoms with Crippen molar-refractivity contribution < 1.29 is 18.8 Å². The molecule has 8 nitrogen and oxygen atoms in total. The van der Waals surface area contributed by atoms with Gasteiger partial charge in [0.25, 0.3) is 0 Å². The maximum Gasteiger partial charge on any atom is 0.222 e. The molecule has 1 aliphatic rings. The number of carbonyl (C=O) groups excluding carboxylic acids is 3. The first-order chi connectivity index (χ1) is 14.8. The van der Waals surface area contributed by atoms with Crippen LogP contribution in [0.3, 0.4) is 0 Å². The largest absolute Gasteiger partial charge is 0.355 e. The van der Waals surface area contributed by atoms with Crippen LogP contribution in [0, 0.1) is 5.82 Å². The molecule has 1 aliphatic heterocycles. The quantitative estimate of drug-likeness (QED) is 0.598. The van der Waals surface area contributed by atoms with Gasteiger partial charge in [0.05, 0.1) is 30.0 Å². The number of rotatable bonds is 4. The van der Waals surface area contributed by atoms with Crippen molar-refractivity contribution in [2.45, 2.75) is 20.4 Å². The number of fused-ring (bicyclic) bond motifs is 1.